The minimum absolute atomic E-state index is 0.212. The van der Waals surface area contributed by atoms with Crippen molar-refractivity contribution in [1.29, 1.82) is 0 Å². The fourth-order valence-corrected chi connectivity index (χ4v) is 1.82. The van der Waals surface area contributed by atoms with E-state index >= 15 is 0 Å². The number of amides is 1. The molecule has 0 atom stereocenters. The molecule has 0 radical (unpaired) electrons. The van der Waals surface area contributed by atoms with E-state index < -0.39 is 0 Å². The smallest absolute Gasteiger partial charge is 0.275 e. The molecule has 1 heterocycles. The van der Waals surface area contributed by atoms with Crippen LogP contribution in [-0.2, 0) is 0 Å². The first-order chi connectivity index (χ1) is 11.2. The van der Waals surface area contributed by atoms with Gasteiger partial charge in [0.2, 0.25) is 0 Å². The van der Waals surface area contributed by atoms with Crippen LogP contribution >= 0.6 is 0 Å². The summed E-state index contributed by atoms with van der Waals surface area (Å²) >= 11 is 0. The first kappa shape index (κ1) is 16.3. The molecule has 0 saturated carbocycles. The van der Waals surface area contributed by atoms with E-state index in [1.165, 1.54) is 19.5 Å². The van der Waals surface area contributed by atoms with Crippen LogP contribution in [0.25, 0.3) is 0 Å². The highest BCUT2D eigenvalue weighted by Crippen LogP contribution is 2.29. The molecule has 120 valence electrons. The van der Waals surface area contributed by atoms with E-state index in [0.717, 1.165) is 0 Å². The molecular formula is C16H18N4O3. The van der Waals surface area contributed by atoms with Crippen molar-refractivity contribution >= 4 is 17.4 Å². The lowest BCUT2D eigenvalue weighted by atomic mass is 10.2. The van der Waals surface area contributed by atoms with Gasteiger partial charge in [0, 0.05) is 18.3 Å². The lowest BCUT2D eigenvalue weighted by Gasteiger charge is -2.10. The zero-order valence-corrected chi connectivity index (χ0v) is 13.0. The van der Waals surface area contributed by atoms with Gasteiger partial charge >= 0.3 is 0 Å². The van der Waals surface area contributed by atoms with Crippen LogP contribution in [-0.4, -0.2) is 36.6 Å². The van der Waals surface area contributed by atoms with Gasteiger partial charge < -0.3 is 20.1 Å². The van der Waals surface area contributed by atoms with E-state index in [1.54, 1.807) is 31.4 Å². The van der Waals surface area contributed by atoms with E-state index in [9.17, 15) is 4.79 Å². The Kier molecular flexibility index (Phi) is 5.51. The summed E-state index contributed by atoms with van der Waals surface area (Å²) in [6, 6.07) is 5.10. The molecule has 23 heavy (non-hydrogen) atoms. The minimum atomic E-state index is -0.361. The van der Waals surface area contributed by atoms with Crippen LogP contribution in [0.4, 0.5) is 11.5 Å². The second-order valence-corrected chi connectivity index (χ2v) is 4.48. The van der Waals surface area contributed by atoms with Crippen LogP contribution in [0.5, 0.6) is 11.5 Å². The summed E-state index contributed by atoms with van der Waals surface area (Å²) < 4.78 is 10.3. The van der Waals surface area contributed by atoms with Crippen LogP contribution in [0.1, 0.15) is 10.5 Å². The highest BCUT2D eigenvalue weighted by atomic mass is 16.5. The fourth-order valence-electron chi connectivity index (χ4n) is 1.82. The molecule has 1 aromatic carbocycles. The third kappa shape index (κ3) is 4.19. The second kappa shape index (κ2) is 7.79. The number of hydrogen-bond acceptors (Lipinski definition) is 6. The van der Waals surface area contributed by atoms with Crippen LogP contribution in [0.3, 0.4) is 0 Å². The predicted octanol–water partition coefficient (Wildman–Crippen LogP) is 2.34. The first-order valence-electron chi connectivity index (χ1n) is 6.88. The standard InChI is InChI=1S/C16H18N4O3/c1-4-7-17-15-10-18-12(9-19-15)16(21)20-11-5-6-13(22-2)14(8-11)23-3/h4-6,8-10H,1,7H2,2-3H3,(H,17,19)(H,20,21). The molecule has 0 aliphatic rings. The zero-order chi connectivity index (χ0) is 16.7. The number of carbonyl (C=O) groups excluding carboxylic acids is 1. The summed E-state index contributed by atoms with van der Waals surface area (Å²) in [5.41, 5.74) is 0.784. The molecular weight excluding hydrogens is 296 g/mol. The summed E-state index contributed by atoms with van der Waals surface area (Å²) in [5.74, 6) is 1.33. The van der Waals surface area contributed by atoms with Gasteiger partial charge in [-0.3, -0.25) is 4.79 Å². The van der Waals surface area contributed by atoms with Crippen LogP contribution in [0, 0.1) is 0 Å². The number of nitrogens with one attached hydrogen (secondary N) is 2. The number of methoxy groups -OCH3 is 2. The molecule has 0 aliphatic heterocycles. The Bertz CT molecular complexity index is 686. The lowest BCUT2D eigenvalue weighted by Crippen LogP contribution is -2.14. The molecule has 0 fully saturated rings. The van der Waals surface area contributed by atoms with Crippen molar-refractivity contribution < 1.29 is 14.3 Å². The maximum atomic E-state index is 12.2. The van der Waals surface area contributed by atoms with Gasteiger partial charge in [0.1, 0.15) is 11.5 Å². The lowest BCUT2D eigenvalue weighted by molar-refractivity contribution is 0.102. The summed E-state index contributed by atoms with van der Waals surface area (Å²) in [7, 11) is 3.08. The van der Waals surface area contributed by atoms with Crippen LogP contribution in [0.15, 0.2) is 43.2 Å². The Hall–Kier alpha value is -3.09. The van der Waals surface area contributed by atoms with Crippen molar-refractivity contribution in [2.24, 2.45) is 0 Å². The topological polar surface area (TPSA) is 85.4 Å². The molecule has 7 heteroatoms. The van der Waals surface area contributed by atoms with Crippen molar-refractivity contribution in [3.63, 3.8) is 0 Å². The van der Waals surface area contributed by atoms with Crippen LogP contribution < -0.4 is 20.1 Å². The normalized spacial score (nSPS) is 9.83. The number of hydrogen-bond donors (Lipinski definition) is 2. The monoisotopic (exact) mass is 314 g/mol. The van der Waals surface area contributed by atoms with Crippen LogP contribution in [0.2, 0.25) is 0 Å². The molecule has 2 rings (SSSR count). The number of benzene rings is 1. The van der Waals surface area contributed by atoms with Gasteiger partial charge in [-0.05, 0) is 12.1 Å². The highest BCUT2D eigenvalue weighted by molar-refractivity contribution is 6.02. The van der Waals surface area contributed by atoms with Gasteiger partial charge in [0.25, 0.3) is 5.91 Å². The summed E-state index contributed by atoms with van der Waals surface area (Å²) in [6.45, 7) is 4.18. The van der Waals surface area contributed by atoms with Gasteiger partial charge in [-0.1, -0.05) is 6.08 Å². The molecule has 7 nitrogen and oxygen atoms in total. The number of ether oxygens (including phenoxy) is 2. The average molecular weight is 314 g/mol. The van der Waals surface area contributed by atoms with E-state index in [-0.39, 0.29) is 11.6 Å². The largest absolute Gasteiger partial charge is 0.493 e. The third-order valence-electron chi connectivity index (χ3n) is 2.95. The van der Waals surface area contributed by atoms with Gasteiger partial charge in [0.15, 0.2) is 11.5 Å². The van der Waals surface area contributed by atoms with Crippen molar-refractivity contribution in [2.45, 2.75) is 0 Å². The third-order valence-corrected chi connectivity index (χ3v) is 2.95. The molecule has 0 unspecified atom stereocenters. The fraction of sp³-hybridized carbons (Fsp3) is 0.188. The van der Waals surface area contributed by atoms with Crippen molar-refractivity contribution in [3.05, 3.63) is 48.9 Å². The molecule has 1 aromatic heterocycles. The van der Waals surface area contributed by atoms with Gasteiger partial charge in [-0.15, -0.1) is 6.58 Å². The number of rotatable bonds is 7. The Morgan fingerprint density at radius 3 is 2.61 bits per heavy atom. The Balaban J connectivity index is 2.08. The van der Waals surface area contributed by atoms with Gasteiger partial charge in [-0.25, -0.2) is 9.97 Å². The molecule has 0 bridgehead atoms. The summed E-state index contributed by atoms with van der Waals surface area (Å²) in [6.07, 6.45) is 4.61. The SMILES string of the molecule is C=CCNc1cnc(C(=O)Nc2ccc(OC)c(OC)c2)cn1. The predicted molar refractivity (Wildman–Crippen MR) is 88.2 cm³/mol. The first-order valence-corrected chi connectivity index (χ1v) is 6.88. The molecule has 2 N–H and O–H groups in total. The Morgan fingerprint density at radius 2 is 2.00 bits per heavy atom. The molecule has 0 spiro atoms. The zero-order valence-electron chi connectivity index (χ0n) is 13.0. The van der Waals surface area contributed by atoms with E-state index in [0.29, 0.717) is 29.5 Å². The number of anilines is 2. The van der Waals surface area contributed by atoms with E-state index in [2.05, 4.69) is 27.2 Å². The van der Waals surface area contributed by atoms with Gasteiger partial charge in [0.05, 0.1) is 26.6 Å². The number of aromatic nitrogens is 2. The minimum Gasteiger partial charge on any atom is -0.493 e. The summed E-state index contributed by atoms with van der Waals surface area (Å²) in [4.78, 5) is 20.4. The van der Waals surface area contributed by atoms with E-state index in [4.69, 9.17) is 9.47 Å². The van der Waals surface area contributed by atoms with Crippen molar-refractivity contribution in [1.82, 2.24) is 9.97 Å². The Morgan fingerprint density at radius 1 is 1.22 bits per heavy atom. The molecule has 0 aliphatic carbocycles. The number of nitrogens with zero attached hydrogens (tertiary/aromatic N) is 2. The molecule has 0 saturated heterocycles. The van der Waals surface area contributed by atoms with E-state index in [1.807, 2.05) is 0 Å². The highest BCUT2D eigenvalue weighted by Gasteiger charge is 2.11. The maximum absolute atomic E-state index is 12.2. The Labute approximate surface area is 134 Å². The second-order valence-electron chi connectivity index (χ2n) is 4.48. The number of carbonyl (C=O) groups is 1. The maximum Gasteiger partial charge on any atom is 0.275 e. The van der Waals surface area contributed by atoms with Crippen molar-refractivity contribution in [2.75, 3.05) is 31.4 Å². The molecule has 1 amide bonds. The van der Waals surface area contributed by atoms with Gasteiger partial charge in [-0.2, -0.15) is 0 Å². The van der Waals surface area contributed by atoms with Crippen molar-refractivity contribution in [3.8, 4) is 11.5 Å². The summed E-state index contributed by atoms with van der Waals surface area (Å²) in [5, 5.41) is 5.72. The molecule has 2 aromatic rings. The quantitative estimate of drug-likeness (QED) is 0.763. The average Bonchev–Trinajstić information content (AvgIpc) is 2.60.